The van der Waals surface area contributed by atoms with Crippen LogP contribution in [0.15, 0.2) is 66.7 Å². The number of aryl methyl sites for hydroxylation is 2. The molecular weight excluding hydrogens is 444 g/mol. The summed E-state index contributed by atoms with van der Waals surface area (Å²) in [5.41, 5.74) is 0.511. The number of carbonyl (C=O) groups excluding carboxylic acids is 1. The van der Waals surface area contributed by atoms with Crippen molar-refractivity contribution in [3.8, 4) is 6.01 Å². The molecule has 2 heterocycles. The summed E-state index contributed by atoms with van der Waals surface area (Å²) in [7, 11) is 0. The van der Waals surface area contributed by atoms with E-state index >= 15 is 0 Å². The molecule has 1 aromatic heterocycles. The molecule has 2 N–H and O–H groups in total. The molecule has 1 saturated heterocycles. The lowest BCUT2D eigenvalue weighted by atomic mass is 9.72. The molecule has 1 atom stereocenters. The number of hydrogen-bond donors (Lipinski definition) is 2. The average Bonchev–Trinajstić information content (AvgIpc) is 2.85. The van der Waals surface area contributed by atoms with Crippen LogP contribution >= 0.6 is 0 Å². The molecule has 182 valence electrons. The van der Waals surface area contributed by atoms with E-state index in [1.54, 1.807) is 59.5 Å². The van der Waals surface area contributed by atoms with Gasteiger partial charge >= 0.3 is 18.0 Å². The van der Waals surface area contributed by atoms with Crippen LogP contribution in [0, 0.1) is 13.8 Å². The number of aliphatic carboxylic acids is 1. The topological polar surface area (TPSA) is 105 Å². The molecule has 1 fully saturated rings. The van der Waals surface area contributed by atoms with Gasteiger partial charge in [-0.1, -0.05) is 60.7 Å². The van der Waals surface area contributed by atoms with Gasteiger partial charge in [0.1, 0.15) is 0 Å². The van der Waals surface area contributed by atoms with Gasteiger partial charge in [-0.15, -0.1) is 0 Å². The van der Waals surface area contributed by atoms with Crippen LogP contribution in [0.4, 0.5) is 4.79 Å². The zero-order chi connectivity index (χ0) is 24.8. The number of nitrogens with one attached hydrogen (secondary N) is 1. The third-order valence-corrected chi connectivity index (χ3v) is 6.27. The lowest BCUT2D eigenvalue weighted by Gasteiger charge is -2.39. The summed E-state index contributed by atoms with van der Waals surface area (Å²) in [4.78, 5) is 37.0. The van der Waals surface area contributed by atoms with Gasteiger partial charge in [0.15, 0.2) is 5.41 Å². The predicted molar refractivity (Wildman–Crippen MR) is 131 cm³/mol. The van der Waals surface area contributed by atoms with Crippen LogP contribution in [0.3, 0.4) is 0 Å². The Balaban J connectivity index is 1.87. The number of urea groups is 1. The number of benzene rings is 2. The van der Waals surface area contributed by atoms with E-state index in [2.05, 4.69) is 15.3 Å². The maximum absolute atomic E-state index is 13.4. The quantitative estimate of drug-likeness (QED) is 0.501. The Morgan fingerprint density at radius 3 is 1.91 bits per heavy atom. The lowest BCUT2D eigenvalue weighted by Crippen LogP contribution is -2.61. The molecule has 35 heavy (non-hydrogen) atoms. The van der Waals surface area contributed by atoms with Crippen molar-refractivity contribution in [2.24, 2.45) is 0 Å². The maximum Gasteiger partial charge on any atom is 0.324 e. The number of carbonyl (C=O) groups is 2. The van der Waals surface area contributed by atoms with Gasteiger partial charge in [-0.05, 0) is 50.3 Å². The van der Waals surface area contributed by atoms with Crippen molar-refractivity contribution in [1.82, 2.24) is 20.2 Å². The van der Waals surface area contributed by atoms with Crippen molar-refractivity contribution >= 4 is 12.0 Å². The van der Waals surface area contributed by atoms with Crippen LogP contribution < -0.4 is 10.1 Å². The third kappa shape index (κ3) is 5.11. The van der Waals surface area contributed by atoms with Gasteiger partial charge < -0.3 is 20.1 Å². The van der Waals surface area contributed by atoms with Gasteiger partial charge in [0, 0.05) is 24.5 Å². The molecule has 2 aromatic carbocycles. The van der Waals surface area contributed by atoms with Crippen LogP contribution in [0.25, 0.3) is 0 Å². The first-order valence-corrected chi connectivity index (χ1v) is 11.8. The van der Waals surface area contributed by atoms with E-state index in [1.807, 2.05) is 26.0 Å². The molecule has 3 aromatic rings. The second-order valence-corrected chi connectivity index (χ2v) is 8.77. The molecule has 0 saturated carbocycles. The van der Waals surface area contributed by atoms with E-state index in [-0.39, 0.29) is 12.0 Å². The van der Waals surface area contributed by atoms with Gasteiger partial charge in [-0.25, -0.2) is 14.8 Å². The molecular formula is C27H30N4O4. The molecule has 0 spiro atoms. The van der Waals surface area contributed by atoms with Crippen molar-refractivity contribution < 1.29 is 19.4 Å². The van der Waals surface area contributed by atoms with Crippen LogP contribution in [0.5, 0.6) is 6.01 Å². The maximum atomic E-state index is 13.4. The van der Waals surface area contributed by atoms with Gasteiger partial charge in [0.25, 0.3) is 0 Å². The highest BCUT2D eigenvalue weighted by Gasteiger charge is 2.52. The van der Waals surface area contributed by atoms with E-state index in [0.29, 0.717) is 35.6 Å². The van der Waals surface area contributed by atoms with Crippen molar-refractivity contribution in [3.63, 3.8) is 0 Å². The molecule has 1 unspecified atom stereocenters. The van der Waals surface area contributed by atoms with E-state index < -0.39 is 17.6 Å². The smallest absolute Gasteiger partial charge is 0.324 e. The minimum atomic E-state index is -1.77. The summed E-state index contributed by atoms with van der Waals surface area (Å²) in [6, 6.07) is 19.1. The lowest BCUT2D eigenvalue weighted by molar-refractivity contribution is -0.146. The second kappa shape index (κ2) is 10.5. The molecule has 8 nitrogen and oxygen atoms in total. The molecule has 0 aliphatic carbocycles. The first-order valence-electron chi connectivity index (χ1n) is 11.8. The Labute approximate surface area is 205 Å². The highest BCUT2D eigenvalue weighted by atomic mass is 16.5. The van der Waals surface area contributed by atoms with E-state index in [4.69, 9.17) is 4.74 Å². The molecule has 0 bridgehead atoms. The Bertz CT molecular complexity index is 1100. The fraction of sp³-hybridized carbons (Fsp3) is 0.333. The molecule has 2 amide bonds. The first-order chi connectivity index (χ1) is 16.9. The number of rotatable bonds is 7. The van der Waals surface area contributed by atoms with Crippen LogP contribution in [0.1, 0.15) is 41.8 Å². The van der Waals surface area contributed by atoms with Gasteiger partial charge in [0.05, 0.1) is 0 Å². The zero-order valence-corrected chi connectivity index (χ0v) is 20.0. The Morgan fingerprint density at radius 1 is 0.914 bits per heavy atom. The van der Waals surface area contributed by atoms with E-state index in [1.165, 1.54) is 0 Å². The third-order valence-electron chi connectivity index (χ3n) is 6.27. The van der Waals surface area contributed by atoms with Gasteiger partial charge in [-0.3, -0.25) is 4.79 Å². The fourth-order valence-electron chi connectivity index (χ4n) is 4.61. The second-order valence-electron chi connectivity index (χ2n) is 8.77. The molecule has 8 heteroatoms. The number of amides is 2. The Hall–Kier alpha value is -3.94. The van der Waals surface area contributed by atoms with Gasteiger partial charge in [-0.2, -0.15) is 0 Å². The van der Waals surface area contributed by atoms with Crippen LogP contribution in [-0.2, 0) is 10.2 Å². The standard InChI is InChI=1S/C27H30N4O4/c1-19-18-20(2)29-25(28-19)35-23(30-26(34)31-16-10-5-11-17-31)27(24(32)33,21-12-6-3-7-13-21)22-14-8-4-9-15-22/h3-4,6-9,12-15,18,23H,5,10-11,16-17H2,1-2H3,(H,30,34)(H,32,33). The minimum absolute atomic E-state index is 0.00364. The van der Waals surface area contributed by atoms with Crippen molar-refractivity contribution in [2.75, 3.05) is 13.1 Å². The summed E-state index contributed by atoms with van der Waals surface area (Å²) >= 11 is 0. The molecule has 0 radical (unpaired) electrons. The summed E-state index contributed by atoms with van der Waals surface area (Å²) in [6.07, 6.45) is 1.54. The Morgan fingerprint density at radius 2 is 1.43 bits per heavy atom. The van der Waals surface area contributed by atoms with Crippen LogP contribution in [-0.4, -0.2) is 51.3 Å². The minimum Gasteiger partial charge on any atom is -0.480 e. The highest BCUT2D eigenvalue weighted by molar-refractivity contribution is 5.88. The number of ether oxygens (including phenoxy) is 1. The predicted octanol–water partition coefficient (Wildman–Crippen LogP) is 4.06. The number of carboxylic acid groups (broad SMARTS) is 1. The van der Waals surface area contributed by atoms with Crippen LogP contribution in [0.2, 0.25) is 0 Å². The van der Waals surface area contributed by atoms with E-state index in [0.717, 1.165) is 19.3 Å². The summed E-state index contributed by atoms with van der Waals surface area (Å²) < 4.78 is 6.21. The SMILES string of the molecule is Cc1cc(C)nc(OC(NC(=O)N2CCCCC2)C(C(=O)O)(c2ccccc2)c2ccccc2)n1. The Kier molecular flexibility index (Phi) is 7.29. The zero-order valence-electron chi connectivity index (χ0n) is 20.0. The number of piperidine rings is 1. The number of carboxylic acids is 1. The largest absolute Gasteiger partial charge is 0.480 e. The molecule has 4 rings (SSSR count). The first kappa shape index (κ1) is 24.2. The number of nitrogens with zero attached hydrogens (tertiary/aromatic N) is 3. The van der Waals surface area contributed by atoms with E-state index in [9.17, 15) is 14.7 Å². The van der Waals surface area contributed by atoms with Gasteiger partial charge in [0.2, 0.25) is 6.23 Å². The average molecular weight is 475 g/mol. The molecule has 1 aliphatic rings. The van der Waals surface area contributed by atoms with Crippen molar-refractivity contribution in [1.29, 1.82) is 0 Å². The summed E-state index contributed by atoms with van der Waals surface area (Å²) in [6.45, 7) is 4.83. The van der Waals surface area contributed by atoms with Crippen molar-refractivity contribution in [3.05, 3.63) is 89.2 Å². The number of likely N-dealkylation sites (tertiary alicyclic amines) is 1. The molecule has 1 aliphatic heterocycles. The monoisotopic (exact) mass is 474 g/mol. The van der Waals surface area contributed by atoms with Crippen molar-refractivity contribution in [2.45, 2.75) is 44.8 Å². The number of aromatic nitrogens is 2. The fourth-order valence-corrected chi connectivity index (χ4v) is 4.61. The highest BCUT2D eigenvalue weighted by Crippen LogP contribution is 2.37. The summed E-state index contributed by atoms with van der Waals surface area (Å²) in [5.74, 6) is -1.16. The normalized spacial score (nSPS) is 14.7. The number of hydrogen-bond acceptors (Lipinski definition) is 5. The summed E-state index contributed by atoms with van der Waals surface area (Å²) in [5, 5.41) is 13.7.